The second-order valence-electron chi connectivity index (χ2n) is 5.45. The van der Waals surface area contributed by atoms with E-state index >= 15 is 0 Å². The van der Waals surface area contributed by atoms with Crippen LogP contribution in [-0.2, 0) is 10.4 Å². The van der Waals surface area contributed by atoms with E-state index < -0.39 is 0 Å². The molecule has 1 aliphatic heterocycles. The third-order valence-electron chi connectivity index (χ3n) is 3.90. The van der Waals surface area contributed by atoms with Gasteiger partial charge in [0, 0.05) is 12.4 Å². The summed E-state index contributed by atoms with van der Waals surface area (Å²) >= 11 is 0. The van der Waals surface area contributed by atoms with Crippen molar-refractivity contribution in [3.05, 3.63) is 66.8 Å². The van der Waals surface area contributed by atoms with Gasteiger partial charge in [-0.1, -0.05) is 30.8 Å². The lowest BCUT2D eigenvalue weighted by atomic mass is 9.90. The lowest BCUT2D eigenvalue weighted by molar-refractivity contribution is -0.0914. The zero-order chi connectivity index (χ0) is 14.9. The van der Waals surface area contributed by atoms with E-state index in [0.29, 0.717) is 0 Å². The van der Waals surface area contributed by atoms with Crippen LogP contribution in [0.4, 0.5) is 0 Å². The van der Waals surface area contributed by atoms with Gasteiger partial charge in [-0.05, 0) is 35.7 Å². The Morgan fingerprint density at radius 1 is 1.29 bits per heavy atom. The maximum atomic E-state index is 5.32. The Kier molecular flexibility index (Phi) is 3.39. The summed E-state index contributed by atoms with van der Waals surface area (Å²) in [6, 6.07) is 12.5. The highest BCUT2D eigenvalue weighted by Crippen LogP contribution is 2.32. The van der Waals surface area contributed by atoms with Crippen LogP contribution in [0, 0.1) is 0 Å². The number of hydrogen-bond acceptors (Lipinski definition) is 4. The van der Waals surface area contributed by atoms with Gasteiger partial charge >= 0.3 is 0 Å². The van der Waals surface area contributed by atoms with Crippen molar-refractivity contribution in [3.8, 4) is 11.1 Å². The number of nitrogens with one attached hydrogen (secondary N) is 1. The first-order chi connectivity index (χ1) is 10.1. The first kappa shape index (κ1) is 13.6. The molecule has 0 bridgehead atoms. The van der Waals surface area contributed by atoms with E-state index in [-0.39, 0.29) is 5.54 Å². The SMILES string of the molecule is C=C1NC(C)(c2cccc(-c3cccnc3)c2)CN1OC. The molecule has 2 heterocycles. The number of benzene rings is 1. The van der Waals surface area contributed by atoms with Gasteiger partial charge in [0.1, 0.15) is 5.82 Å². The monoisotopic (exact) mass is 281 g/mol. The Labute approximate surface area is 125 Å². The van der Waals surface area contributed by atoms with Crippen molar-refractivity contribution in [1.82, 2.24) is 15.4 Å². The minimum Gasteiger partial charge on any atom is -0.359 e. The maximum absolute atomic E-state index is 5.32. The molecule has 0 saturated carbocycles. The molecule has 1 N–H and O–H groups in total. The smallest absolute Gasteiger partial charge is 0.120 e. The summed E-state index contributed by atoms with van der Waals surface area (Å²) in [7, 11) is 1.66. The summed E-state index contributed by atoms with van der Waals surface area (Å²) in [6.07, 6.45) is 3.66. The molecule has 4 nitrogen and oxygen atoms in total. The van der Waals surface area contributed by atoms with Crippen molar-refractivity contribution >= 4 is 0 Å². The molecule has 1 unspecified atom stereocenters. The van der Waals surface area contributed by atoms with Gasteiger partial charge in [0.2, 0.25) is 0 Å². The molecule has 1 aromatic carbocycles. The van der Waals surface area contributed by atoms with Crippen LogP contribution in [0.3, 0.4) is 0 Å². The lowest BCUT2D eigenvalue weighted by Gasteiger charge is -2.25. The van der Waals surface area contributed by atoms with Crippen LogP contribution in [0.25, 0.3) is 11.1 Å². The molecule has 4 heteroatoms. The fraction of sp³-hybridized carbons (Fsp3) is 0.235. The second-order valence-corrected chi connectivity index (χ2v) is 5.45. The summed E-state index contributed by atoms with van der Waals surface area (Å²) < 4.78 is 0. The largest absolute Gasteiger partial charge is 0.359 e. The topological polar surface area (TPSA) is 37.4 Å². The molecule has 0 radical (unpaired) electrons. The number of pyridine rings is 1. The molecular formula is C17H19N3O. The van der Waals surface area contributed by atoms with Crippen LogP contribution >= 0.6 is 0 Å². The fourth-order valence-corrected chi connectivity index (χ4v) is 2.72. The van der Waals surface area contributed by atoms with E-state index in [9.17, 15) is 0 Å². The van der Waals surface area contributed by atoms with Gasteiger partial charge in [-0.2, -0.15) is 0 Å². The highest BCUT2D eigenvalue weighted by molar-refractivity contribution is 5.63. The van der Waals surface area contributed by atoms with E-state index in [0.717, 1.165) is 23.5 Å². The Morgan fingerprint density at radius 3 is 2.76 bits per heavy atom. The Balaban J connectivity index is 1.95. The molecule has 3 rings (SSSR count). The van der Waals surface area contributed by atoms with Gasteiger partial charge in [0.25, 0.3) is 0 Å². The van der Waals surface area contributed by atoms with Crippen molar-refractivity contribution < 1.29 is 4.84 Å². The quantitative estimate of drug-likeness (QED) is 0.938. The normalized spacial score (nSPS) is 21.4. The summed E-state index contributed by atoms with van der Waals surface area (Å²) in [6.45, 7) is 6.86. The zero-order valence-electron chi connectivity index (χ0n) is 12.3. The predicted octanol–water partition coefficient (Wildman–Crippen LogP) is 2.90. The van der Waals surface area contributed by atoms with Crippen molar-refractivity contribution in [2.24, 2.45) is 0 Å². The molecule has 1 fully saturated rings. The van der Waals surface area contributed by atoms with Crippen molar-refractivity contribution in [3.63, 3.8) is 0 Å². The standard InChI is InChI=1S/C17H19N3O/c1-13-19-17(2,12-20(13)21-3)16-8-4-6-14(10-16)15-7-5-9-18-11-15/h4-11,19H,1,12H2,2-3H3. The molecule has 108 valence electrons. The number of aromatic nitrogens is 1. The Morgan fingerprint density at radius 2 is 2.10 bits per heavy atom. The zero-order valence-corrected chi connectivity index (χ0v) is 12.3. The summed E-state index contributed by atoms with van der Waals surface area (Å²) in [4.78, 5) is 9.50. The Bertz CT molecular complexity index is 656. The van der Waals surface area contributed by atoms with E-state index in [1.165, 1.54) is 5.56 Å². The molecule has 1 saturated heterocycles. The van der Waals surface area contributed by atoms with Crippen LogP contribution in [0.5, 0.6) is 0 Å². The molecule has 0 aliphatic carbocycles. The average Bonchev–Trinajstić information content (AvgIpc) is 2.84. The van der Waals surface area contributed by atoms with Gasteiger partial charge in [-0.3, -0.25) is 9.82 Å². The molecule has 1 atom stereocenters. The minimum absolute atomic E-state index is 0.217. The number of nitrogens with zero attached hydrogens (tertiary/aromatic N) is 2. The first-order valence-corrected chi connectivity index (χ1v) is 6.92. The fourth-order valence-electron chi connectivity index (χ4n) is 2.72. The van der Waals surface area contributed by atoms with Gasteiger partial charge < -0.3 is 5.32 Å². The number of hydroxylamine groups is 2. The van der Waals surface area contributed by atoms with E-state index in [2.05, 4.69) is 54.1 Å². The van der Waals surface area contributed by atoms with Crippen LogP contribution in [0.15, 0.2) is 61.2 Å². The van der Waals surface area contributed by atoms with E-state index in [4.69, 9.17) is 4.84 Å². The third-order valence-corrected chi connectivity index (χ3v) is 3.90. The van der Waals surface area contributed by atoms with Crippen molar-refractivity contribution in [2.75, 3.05) is 13.7 Å². The third kappa shape index (κ3) is 2.50. The highest BCUT2D eigenvalue weighted by atomic mass is 16.7. The van der Waals surface area contributed by atoms with Gasteiger partial charge in [-0.15, -0.1) is 0 Å². The van der Waals surface area contributed by atoms with Crippen LogP contribution < -0.4 is 5.32 Å². The highest BCUT2D eigenvalue weighted by Gasteiger charge is 2.37. The number of rotatable bonds is 3. The van der Waals surface area contributed by atoms with E-state index in [1.807, 2.05) is 12.3 Å². The molecule has 1 aliphatic rings. The summed E-state index contributed by atoms with van der Waals surface area (Å²) in [5.41, 5.74) is 3.25. The van der Waals surface area contributed by atoms with Gasteiger partial charge in [0.05, 0.1) is 19.2 Å². The molecular weight excluding hydrogens is 262 g/mol. The van der Waals surface area contributed by atoms with Crippen LogP contribution in [0.2, 0.25) is 0 Å². The van der Waals surface area contributed by atoms with Crippen molar-refractivity contribution in [2.45, 2.75) is 12.5 Å². The average molecular weight is 281 g/mol. The van der Waals surface area contributed by atoms with E-state index in [1.54, 1.807) is 18.4 Å². The Hall–Kier alpha value is -2.33. The summed E-state index contributed by atoms with van der Waals surface area (Å²) in [5, 5.41) is 5.19. The molecule has 0 amide bonds. The van der Waals surface area contributed by atoms with Gasteiger partial charge in [0.15, 0.2) is 0 Å². The molecule has 0 spiro atoms. The van der Waals surface area contributed by atoms with Crippen LogP contribution in [-0.4, -0.2) is 23.7 Å². The maximum Gasteiger partial charge on any atom is 0.120 e. The second kappa shape index (κ2) is 5.22. The molecule has 21 heavy (non-hydrogen) atoms. The lowest BCUT2D eigenvalue weighted by Crippen LogP contribution is -2.35. The predicted molar refractivity (Wildman–Crippen MR) is 83.0 cm³/mol. The van der Waals surface area contributed by atoms with Crippen molar-refractivity contribution in [1.29, 1.82) is 0 Å². The molecule has 2 aromatic rings. The summed E-state index contributed by atoms with van der Waals surface area (Å²) in [5.74, 6) is 0.784. The molecule has 1 aromatic heterocycles. The first-order valence-electron chi connectivity index (χ1n) is 6.92. The number of hydrogen-bond donors (Lipinski definition) is 1. The van der Waals surface area contributed by atoms with Gasteiger partial charge in [-0.25, -0.2) is 5.06 Å². The minimum atomic E-state index is -0.217. The van der Waals surface area contributed by atoms with Crippen LogP contribution in [0.1, 0.15) is 12.5 Å².